The molecule has 1 aliphatic rings. The van der Waals surface area contributed by atoms with Gasteiger partial charge in [-0.15, -0.1) is 11.8 Å². The average Bonchev–Trinajstić information content (AvgIpc) is 2.60. The maximum atomic E-state index is 12.5. The molecule has 2 aromatic carbocycles. The van der Waals surface area contributed by atoms with Crippen molar-refractivity contribution in [2.45, 2.75) is 31.2 Å². The van der Waals surface area contributed by atoms with Crippen LogP contribution in [0.4, 0.5) is 0 Å². The minimum Gasteiger partial charge on any atom is -0.493 e. The Morgan fingerprint density at radius 3 is 2.71 bits per heavy atom. The van der Waals surface area contributed by atoms with Crippen LogP contribution in [0, 0.1) is 5.92 Å². The first kappa shape index (κ1) is 16.9. The van der Waals surface area contributed by atoms with Gasteiger partial charge in [0.25, 0.3) is 5.91 Å². The van der Waals surface area contributed by atoms with Crippen molar-refractivity contribution in [3.8, 4) is 5.75 Å². The summed E-state index contributed by atoms with van der Waals surface area (Å²) in [6.07, 6.45) is 0.961. The first-order valence-corrected chi connectivity index (χ1v) is 9.37. The number of hydrogen-bond acceptors (Lipinski definition) is 3. The van der Waals surface area contributed by atoms with Crippen LogP contribution in [0.25, 0.3) is 0 Å². The molecule has 0 saturated carbocycles. The van der Waals surface area contributed by atoms with E-state index in [4.69, 9.17) is 4.74 Å². The summed E-state index contributed by atoms with van der Waals surface area (Å²) in [7, 11) is 0. The van der Waals surface area contributed by atoms with Gasteiger partial charge in [0.05, 0.1) is 12.6 Å². The molecule has 0 radical (unpaired) electrons. The molecule has 0 fully saturated rings. The molecule has 1 N–H and O–H groups in total. The molecule has 3 rings (SSSR count). The van der Waals surface area contributed by atoms with Crippen LogP contribution in [0.15, 0.2) is 53.4 Å². The second-order valence-corrected chi connectivity index (χ2v) is 7.57. The Kier molecular flexibility index (Phi) is 5.46. The van der Waals surface area contributed by atoms with Gasteiger partial charge in [0.1, 0.15) is 5.75 Å². The number of benzene rings is 2. The van der Waals surface area contributed by atoms with E-state index in [0.717, 1.165) is 17.9 Å². The van der Waals surface area contributed by atoms with Gasteiger partial charge in [0.2, 0.25) is 0 Å². The van der Waals surface area contributed by atoms with Crippen molar-refractivity contribution in [1.82, 2.24) is 5.32 Å². The molecule has 1 heterocycles. The molecule has 1 aliphatic heterocycles. The van der Waals surface area contributed by atoms with Gasteiger partial charge in [-0.25, -0.2) is 0 Å². The van der Waals surface area contributed by atoms with Gasteiger partial charge in [-0.1, -0.05) is 32.0 Å². The lowest BCUT2D eigenvalue weighted by Gasteiger charge is -2.25. The van der Waals surface area contributed by atoms with E-state index in [0.29, 0.717) is 18.1 Å². The largest absolute Gasteiger partial charge is 0.493 e. The average molecular weight is 341 g/mol. The molecule has 126 valence electrons. The first-order chi connectivity index (χ1) is 11.6. The third-order valence-corrected chi connectivity index (χ3v) is 5.09. The van der Waals surface area contributed by atoms with Gasteiger partial charge in [0, 0.05) is 16.2 Å². The number of fused-ring (bicyclic) bond motifs is 1. The van der Waals surface area contributed by atoms with E-state index in [-0.39, 0.29) is 11.9 Å². The predicted octanol–water partition coefficient (Wildman–Crippen LogP) is 4.69. The number of nitrogens with one attached hydrogen (secondary N) is 1. The zero-order valence-electron chi connectivity index (χ0n) is 14.1. The SMILES string of the molecule is CC(C)COc1ccc(C(=O)N[C@H]2CCSc3ccccc32)cc1. The Hall–Kier alpha value is -1.94. The summed E-state index contributed by atoms with van der Waals surface area (Å²) in [5, 5.41) is 3.17. The highest BCUT2D eigenvalue weighted by molar-refractivity contribution is 7.99. The highest BCUT2D eigenvalue weighted by atomic mass is 32.2. The van der Waals surface area contributed by atoms with E-state index >= 15 is 0 Å². The van der Waals surface area contributed by atoms with Crippen LogP contribution in [0.2, 0.25) is 0 Å². The lowest BCUT2D eigenvalue weighted by atomic mass is 10.0. The summed E-state index contributed by atoms with van der Waals surface area (Å²) >= 11 is 1.86. The molecule has 3 nitrogen and oxygen atoms in total. The van der Waals surface area contributed by atoms with E-state index in [9.17, 15) is 4.79 Å². The Morgan fingerprint density at radius 1 is 1.21 bits per heavy atom. The van der Waals surface area contributed by atoms with Crippen molar-refractivity contribution >= 4 is 17.7 Å². The van der Waals surface area contributed by atoms with Crippen LogP contribution >= 0.6 is 11.8 Å². The molecule has 0 saturated heterocycles. The van der Waals surface area contributed by atoms with E-state index in [1.807, 2.05) is 48.2 Å². The van der Waals surface area contributed by atoms with Gasteiger partial charge in [-0.2, -0.15) is 0 Å². The molecule has 0 bridgehead atoms. The normalized spacial score (nSPS) is 16.5. The molecule has 0 aliphatic carbocycles. The van der Waals surface area contributed by atoms with Crippen molar-refractivity contribution in [2.75, 3.05) is 12.4 Å². The highest BCUT2D eigenvalue weighted by Gasteiger charge is 2.22. The summed E-state index contributed by atoms with van der Waals surface area (Å²) in [4.78, 5) is 13.8. The maximum Gasteiger partial charge on any atom is 0.251 e. The summed E-state index contributed by atoms with van der Waals surface area (Å²) in [5.74, 6) is 2.29. The molecule has 1 amide bonds. The topological polar surface area (TPSA) is 38.3 Å². The molecular weight excluding hydrogens is 318 g/mol. The molecule has 4 heteroatoms. The minimum absolute atomic E-state index is 0.0305. The number of thioether (sulfide) groups is 1. The lowest BCUT2D eigenvalue weighted by Crippen LogP contribution is -2.30. The van der Waals surface area contributed by atoms with E-state index in [1.54, 1.807) is 0 Å². The molecule has 0 unspecified atom stereocenters. The Balaban J connectivity index is 1.65. The zero-order chi connectivity index (χ0) is 16.9. The fourth-order valence-electron chi connectivity index (χ4n) is 2.70. The lowest BCUT2D eigenvalue weighted by molar-refractivity contribution is 0.0935. The Morgan fingerprint density at radius 2 is 1.96 bits per heavy atom. The number of rotatable bonds is 5. The van der Waals surface area contributed by atoms with Crippen LogP contribution in [0.5, 0.6) is 5.75 Å². The maximum absolute atomic E-state index is 12.5. The molecule has 0 spiro atoms. The Labute approximate surface area is 147 Å². The highest BCUT2D eigenvalue weighted by Crippen LogP contribution is 2.35. The molecular formula is C20H23NO2S. The third kappa shape index (κ3) is 4.12. The van der Waals surface area contributed by atoms with Crippen molar-refractivity contribution in [1.29, 1.82) is 0 Å². The van der Waals surface area contributed by atoms with Crippen LogP contribution in [0.3, 0.4) is 0 Å². The summed E-state index contributed by atoms with van der Waals surface area (Å²) < 4.78 is 5.66. The standard InChI is InChI=1S/C20H23NO2S/c1-14(2)13-23-16-9-7-15(8-10-16)20(22)21-18-11-12-24-19-6-4-3-5-17(18)19/h3-10,14,18H,11-13H2,1-2H3,(H,21,22)/t18-/m0/s1. The molecule has 0 aromatic heterocycles. The van der Waals surface area contributed by atoms with Crippen LogP contribution in [0.1, 0.15) is 42.2 Å². The summed E-state index contributed by atoms with van der Waals surface area (Å²) in [5.41, 5.74) is 1.89. The van der Waals surface area contributed by atoms with Crippen molar-refractivity contribution < 1.29 is 9.53 Å². The van der Waals surface area contributed by atoms with Gasteiger partial charge < -0.3 is 10.1 Å². The quantitative estimate of drug-likeness (QED) is 0.857. The van der Waals surface area contributed by atoms with E-state index in [1.165, 1.54) is 10.5 Å². The Bertz CT molecular complexity index is 697. The minimum atomic E-state index is -0.0305. The van der Waals surface area contributed by atoms with Crippen LogP contribution in [-0.4, -0.2) is 18.3 Å². The first-order valence-electron chi connectivity index (χ1n) is 8.39. The van der Waals surface area contributed by atoms with Crippen molar-refractivity contribution in [3.63, 3.8) is 0 Å². The predicted molar refractivity (Wildman–Crippen MR) is 98.8 cm³/mol. The number of carbonyl (C=O) groups is 1. The summed E-state index contributed by atoms with van der Waals surface area (Å²) in [6.45, 7) is 4.91. The van der Waals surface area contributed by atoms with E-state index in [2.05, 4.69) is 31.3 Å². The van der Waals surface area contributed by atoms with Crippen molar-refractivity contribution in [3.05, 3.63) is 59.7 Å². The van der Waals surface area contributed by atoms with Gasteiger partial charge in [0.15, 0.2) is 0 Å². The van der Waals surface area contributed by atoms with Gasteiger partial charge >= 0.3 is 0 Å². The zero-order valence-corrected chi connectivity index (χ0v) is 14.9. The number of carbonyl (C=O) groups excluding carboxylic acids is 1. The monoisotopic (exact) mass is 341 g/mol. The number of hydrogen-bond donors (Lipinski definition) is 1. The molecule has 2 aromatic rings. The van der Waals surface area contributed by atoms with Crippen LogP contribution in [-0.2, 0) is 0 Å². The van der Waals surface area contributed by atoms with E-state index < -0.39 is 0 Å². The smallest absolute Gasteiger partial charge is 0.251 e. The second kappa shape index (κ2) is 7.75. The number of amides is 1. The fraction of sp³-hybridized carbons (Fsp3) is 0.350. The molecule has 24 heavy (non-hydrogen) atoms. The summed E-state index contributed by atoms with van der Waals surface area (Å²) in [6, 6.07) is 15.8. The fourth-order valence-corrected chi connectivity index (χ4v) is 3.82. The second-order valence-electron chi connectivity index (χ2n) is 6.43. The number of ether oxygens (including phenoxy) is 1. The van der Waals surface area contributed by atoms with Crippen molar-refractivity contribution in [2.24, 2.45) is 5.92 Å². The van der Waals surface area contributed by atoms with Crippen LogP contribution < -0.4 is 10.1 Å². The van der Waals surface area contributed by atoms with Gasteiger partial charge in [-0.3, -0.25) is 4.79 Å². The van der Waals surface area contributed by atoms with Gasteiger partial charge in [-0.05, 0) is 48.2 Å². The molecule has 1 atom stereocenters. The third-order valence-electron chi connectivity index (χ3n) is 3.96.